The van der Waals surface area contributed by atoms with Crippen molar-refractivity contribution in [2.24, 2.45) is 0 Å². The predicted molar refractivity (Wildman–Crippen MR) is 135 cm³/mol. The van der Waals surface area contributed by atoms with Crippen LogP contribution in [0.25, 0.3) is 11.8 Å². The first-order valence-electron chi connectivity index (χ1n) is 11.6. The summed E-state index contributed by atoms with van der Waals surface area (Å²) in [7, 11) is 0. The number of anilines is 2. The van der Waals surface area contributed by atoms with Crippen LogP contribution in [0, 0.1) is 22.7 Å². The molecule has 1 aliphatic rings. The Morgan fingerprint density at radius 1 is 1.26 bits per heavy atom. The minimum absolute atomic E-state index is 0.0334. The number of nitrogens with one attached hydrogen (secondary N) is 3. The molecule has 1 aromatic carbocycles. The monoisotopic (exact) mass is 547 g/mol. The number of carbonyl (C=O) groups is 2. The van der Waals surface area contributed by atoms with E-state index in [1.54, 1.807) is 43.3 Å². The zero-order chi connectivity index (χ0) is 27.9. The van der Waals surface area contributed by atoms with E-state index in [1.807, 2.05) is 0 Å². The molecule has 1 atom stereocenters. The second kappa shape index (κ2) is 12.4. The first kappa shape index (κ1) is 28.4. The molecule has 1 aliphatic heterocycles. The lowest BCUT2D eigenvalue weighted by atomic mass is 10.2. The van der Waals surface area contributed by atoms with Crippen molar-refractivity contribution in [2.45, 2.75) is 38.5 Å². The van der Waals surface area contributed by atoms with E-state index in [2.05, 4.69) is 16.0 Å². The van der Waals surface area contributed by atoms with Crippen LogP contribution in [0.15, 0.2) is 29.1 Å². The van der Waals surface area contributed by atoms with Gasteiger partial charge in [0.15, 0.2) is 5.57 Å². The third kappa shape index (κ3) is 6.79. The van der Waals surface area contributed by atoms with Crippen LogP contribution in [0.2, 0.25) is 0 Å². The van der Waals surface area contributed by atoms with Crippen molar-refractivity contribution in [2.75, 3.05) is 30.3 Å². The molecule has 1 saturated heterocycles. The maximum absolute atomic E-state index is 13.1. The highest BCUT2D eigenvalue weighted by atomic mass is 32.1. The standard InChI is InChI=1S/C24H24F3N7O3S/c1-2-34-22(37)18(38-23(34)17(12-29)21(36)30-9-8-28)13-31-15-5-3-6-16(11-15)32-20(35)14-33-10-4-7-19(33)24(25,26)27/h3,5-6,11,13,19,31H,2,4,7,9-10,14H2,1H3,(H,30,36)(H,32,35). The van der Waals surface area contributed by atoms with Crippen molar-refractivity contribution in [3.63, 3.8) is 0 Å². The number of hydrogen-bond acceptors (Lipinski definition) is 8. The number of likely N-dealkylation sites (tertiary alicyclic amines) is 1. The molecule has 1 fully saturated rings. The van der Waals surface area contributed by atoms with E-state index in [1.165, 1.54) is 10.8 Å². The Balaban J connectivity index is 1.79. The van der Waals surface area contributed by atoms with Crippen LogP contribution in [-0.2, 0) is 16.1 Å². The maximum Gasteiger partial charge on any atom is 0.404 e. The summed E-state index contributed by atoms with van der Waals surface area (Å²) in [5.74, 6) is -1.35. The van der Waals surface area contributed by atoms with Crippen LogP contribution in [0.3, 0.4) is 0 Å². The number of halogens is 3. The third-order valence-corrected chi connectivity index (χ3v) is 6.84. The van der Waals surface area contributed by atoms with Crippen LogP contribution in [0.1, 0.15) is 19.8 Å². The number of nitriles is 2. The molecular formula is C24H24F3N7O3S. The van der Waals surface area contributed by atoms with Gasteiger partial charge >= 0.3 is 6.18 Å². The molecule has 1 unspecified atom stereocenters. The van der Waals surface area contributed by atoms with E-state index in [-0.39, 0.29) is 47.4 Å². The van der Waals surface area contributed by atoms with E-state index in [9.17, 15) is 32.8 Å². The van der Waals surface area contributed by atoms with Gasteiger partial charge in [-0.25, -0.2) is 0 Å². The third-order valence-electron chi connectivity index (χ3n) is 5.71. The van der Waals surface area contributed by atoms with Gasteiger partial charge in [-0.05, 0) is 44.5 Å². The van der Waals surface area contributed by atoms with E-state index in [4.69, 9.17) is 5.26 Å². The number of thiazole rings is 1. The van der Waals surface area contributed by atoms with Gasteiger partial charge in [0.05, 0.1) is 12.6 Å². The second-order valence-electron chi connectivity index (χ2n) is 8.24. The van der Waals surface area contributed by atoms with Gasteiger partial charge in [0, 0.05) is 24.1 Å². The molecule has 0 radical (unpaired) electrons. The Morgan fingerprint density at radius 2 is 2.00 bits per heavy atom. The average molecular weight is 548 g/mol. The molecule has 2 heterocycles. The predicted octanol–water partition coefficient (Wildman–Crippen LogP) is 1.06. The number of nitrogens with zero attached hydrogens (tertiary/aromatic N) is 4. The lowest BCUT2D eigenvalue weighted by molar-refractivity contribution is -0.176. The summed E-state index contributed by atoms with van der Waals surface area (Å²) in [6, 6.07) is 8.30. The van der Waals surface area contributed by atoms with Gasteiger partial charge in [0.25, 0.3) is 11.5 Å². The van der Waals surface area contributed by atoms with Gasteiger partial charge in [0.2, 0.25) is 5.91 Å². The molecule has 0 bridgehead atoms. The summed E-state index contributed by atoms with van der Waals surface area (Å²) in [6.07, 6.45) is -2.66. The topological polar surface area (TPSA) is 143 Å². The molecule has 0 spiro atoms. The van der Waals surface area contributed by atoms with Crippen molar-refractivity contribution in [1.82, 2.24) is 14.8 Å². The summed E-state index contributed by atoms with van der Waals surface area (Å²) in [5.41, 5.74) is 0.100. The minimum Gasteiger partial charge on any atom is -0.360 e. The molecule has 1 aromatic heterocycles. The molecule has 3 rings (SSSR count). The normalized spacial score (nSPS) is 16.9. The number of benzene rings is 1. The molecule has 2 amide bonds. The van der Waals surface area contributed by atoms with Crippen molar-refractivity contribution in [3.05, 3.63) is 43.8 Å². The maximum atomic E-state index is 13.1. The number of hydrogen-bond donors (Lipinski definition) is 3. The lowest BCUT2D eigenvalue weighted by Crippen LogP contribution is -2.44. The smallest absolute Gasteiger partial charge is 0.360 e. The second-order valence-corrected chi connectivity index (χ2v) is 9.27. The van der Waals surface area contributed by atoms with Gasteiger partial charge < -0.3 is 16.0 Å². The Hall–Kier alpha value is -4.14. The molecular weight excluding hydrogens is 523 g/mol. The fourth-order valence-corrected chi connectivity index (χ4v) is 5.09. The minimum atomic E-state index is -4.39. The SMILES string of the molecule is CCn1c(=C(C#N)C(=O)NCC#N)sc(=CNc2cccc(NC(=O)CN3CCCC3C(F)(F)F)c2)c1=O. The first-order chi connectivity index (χ1) is 18.1. The molecule has 3 N–H and O–H groups in total. The van der Waals surface area contributed by atoms with Gasteiger partial charge in [-0.15, -0.1) is 11.3 Å². The number of rotatable bonds is 8. The number of aromatic nitrogens is 1. The van der Waals surface area contributed by atoms with E-state index in [0.717, 1.165) is 16.2 Å². The summed E-state index contributed by atoms with van der Waals surface area (Å²) in [6.45, 7) is 1.39. The van der Waals surface area contributed by atoms with Crippen molar-refractivity contribution >= 4 is 46.3 Å². The van der Waals surface area contributed by atoms with Crippen molar-refractivity contribution in [1.29, 1.82) is 10.5 Å². The summed E-state index contributed by atoms with van der Waals surface area (Å²) >= 11 is 0.921. The van der Waals surface area contributed by atoms with Gasteiger partial charge in [-0.1, -0.05) is 6.07 Å². The highest BCUT2D eigenvalue weighted by Crippen LogP contribution is 2.32. The van der Waals surface area contributed by atoms with E-state index < -0.39 is 29.6 Å². The van der Waals surface area contributed by atoms with Gasteiger partial charge in [-0.2, -0.15) is 23.7 Å². The highest BCUT2D eigenvalue weighted by molar-refractivity contribution is 7.07. The Bertz CT molecular complexity index is 1470. The summed E-state index contributed by atoms with van der Waals surface area (Å²) in [4.78, 5) is 38.6. The van der Waals surface area contributed by atoms with Gasteiger partial charge in [-0.3, -0.25) is 23.9 Å². The first-order valence-corrected chi connectivity index (χ1v) is 12.4. The zero-order valence-corrected chi connectivity index (χ0v) is 21.1. The molecule has 38 heavy (non-hydrogen) atoms. The van der Waals surface area contributed by atoms with Gasteiger partial charge in [0.1, 0.15) is 27.9 Å². The largest absolute Gasteiger partial charge is 0.404 e. The quantitative estimate of drug-likeness (QED) is 0.420. The number of amides is 2. The Kier molecular flexibility index (Phi) is 9.28. The summed E-state index contributed by atoms with van der Waals surface area (Å²) < 4.78 is 41.0. The zero-order valence-electron chi connectivity index (χ0n) is 20.3. The molecule has 2 aromatic rings. The van der Waals surface area contributed by atoms with Crippen molar-refractivity contribution in [3.8, 4) is 12.1 Å². The molecule has 10 nitrogen and oxygen atoms in total. The van der Waals surface area contributed by atoms with E-state index in [0.29, 0.717) is 17.8 Å². The van der Waals surface area contributed by atoms with Crippen LogP contribution in [-0.4, -0.2) is 53.1 Å². The molecule has 14 heteroatoms. The molecule has 0 aliphatic carbocycles. The number of carbonyl (C=O) groups excluding carboxylic acids is 2. The fourth-order valence-electron chi connectivity index (χ4n) is 4.00. The molecule has 200 valence electrons. The Labute approximate surface area is 219 Å². The lowest BCUT2D eigenvalue weighted by Gasteiger charge is -2.25. The number of alkyl halides is 3. The summed E-state index contributed by atoms with van der Waals surface area (Å²) in [5, 5.41) is 25.9. The van der Waals surface area contributed by atoms with E-state index >= 15 is 0 Å². The average Bonchev–Trinajstić information content (AvgIpc) is 3.46. The fraction of sp³-hybridized carbons (Fsp3) is 0.375. The Morgan fingerprint density at radius 3 is 2.66 bits per heavy atom. The van der Waals surface area contributed by atoms with Crippen LogP contribution >= 0.6 is 11.3 Å². The van der Waals surface area contributed by atoms with Crippen LogP contribution in [0.5, 0.6) is 0 Å². The van der Waals surface area contributed by atoms with Crippen LogP contribution < -0.4 is 30.7 Å². The highest BCUT2D eigenvalue weighted by Gasteiger charge is 2.46. The van der Waals surface area contributed by atoms with Crippen LogP contribution in [0.4, 0.5) is 24.5 Å². The molecule has 0 saturated carbocycles. The van der Waals surface area contributed by atoms with Crippen molar-refractivity contribution < 1.29 is 22.8 Å².